The van der Waals surface area contributed by atoms with Crippen molar-refractivity contribution < 1.29 is 4.74 Å². The average Bonchev–Trinajstić information content (AvgIpc) is 2.67. The molecule has 0 aromatic heterocycles. The van der Waals surface area contributed by atoms with Gasteiger partial charge in [0.05, 0.1) is 13.2 Å². The molecule has 0 aromatic rings. The Kier molecular flexibility index (Phi) is 4.74. The SMILES string of the molecule is CCOCCN=C1NC2(CCCC(C)C2)CS1. The molecular formula is C13H24N2OS. The van der Waals surface area contributed by atoms with Crippen LogP contribution in [0.1, 0.15) is 39.5 Å². The summed E-state index contributed by atoms with van der Waals surface area (Å²) in [6.45, 7) is 6.71. The number of ether oxygens (including phenoxy) is 1. The summed E-state index contributed by atoms with van der Waals surface area (Å²) in [5.41, 5.74) is 0.354. The second kappa shape index (κ2) is 6.10. The fourth-order valence-corrected chi connectivity index (χ4v) is 4.07. The molecule has 1 N–H and O–H groups in total. The Labute approximate surface area is 109 Å². The molecule has 2 rings (SSSR count). The molecule has 0 radical (unpaired) electrons. The summed E-state index contributed by atoms with van der Waals surface area (Å²) in [5.74, 6) is 2.06. The van der Waals surface area contributed by atoms with Gasteiger partial charge in [-0.05, 0) is 25.7 Å². The molecule has 0 amide bonds. The van der Waals surface area contributed by atoms with Crippen molar-refractivity contribution in [2.75, 3.05) is 25.5 Å². The van der Waals surface area contributed by atoms with Gasteiger partial charge in [0.25, 0.3) is 0 Å². The highest BCUT2D eigenvalue weighted by molar-refractivity contribution is 8.14. The van der Waals surface area contributed by atoms with Crippen LogP contribution in [0.15, 0.2) is 4.99 Å². The highest BCUT2D eigenvalue weighted by Gasteiger charge is 2.40. The topological polar surface area (TPSA) is 33.6 Å². The molecule has 1 saturated carbocycles. The quantitative estimate of drug-likeness (QED) is 0.785. The van der Waals surface area contributed by atoms with Gasteiger partial charge in [-0.3, -0.25) is 4.99 Å². The number of rotatable bonds is 4. The lowest BCUT2D eigenvalue weighted by molar-refractivity contribution is 0.155. The maximum atomic E-state index is 5.30. The van der Waals surface area contributed by atoms with Gasteiger partial charge in [0, 0.05) is 17.9 Å². The summed E-state index contributed by atoms with van der Waals surface area (Å²) in [4.78, 5) is 4.58. The van der Waals surface area contributed by atoms with Crippen molar-refractivity contribution in [1.82, 2.24) is 5.32 Å². The maximum absolute atomic E-state index is 5.30. The van der Waals surface area contributed by atoms with E-state index in [1.807, 2.05) is 18.7 Å². The van der Waals surface area contributed by atoms with Gasteiger partial charge in [-0.25, -0.2) is 0 Å². The minimum absolute atomic E-state index is 0.354. The number of nitrogens with one attached hydrogen (secondary N) is 1. The standard InChI is InChI=1S/C13H24N2OS/c1-3-16-8-7-14-12-15-13(10-17-12)6-4-5-11(2)9-13/h11H,3-10H2,1-2H3,(H,14,15). The third kappa shape index (κ3) is 3.62. The molecule has 98 valence electrons. The van der Waals surface area contributed by atoms with E-state index >= 15 is 0 Å². The molecular weight excluding hydrogens is 232 g/mol. The van der Waals surface area contributed by atoms with E-state index in [2.05, 4.69) is 17.2 Å². The van der Waals surface area contributed by atoms with Gasteiger partial charge in [-0.15, -0.1) is 0 Å². The molecule has 0 aromatic carbocycles. The van der Waals surface area contributed by atoms with Crippen LogP contribution in [0.4, 0.5) is 0 Å². The molecule has 1 saturated heterocycles. The maximum Gasteiger partial charge on any atom is 0.157 e. The van der Waals surface area contributed by atoms with Gasteiger partial charge in [-0.2, -0.15) is 0 Å². The molecule has 0 bridgehead atoms. The van der Waals surface area contributed by atoms with Crippen LogP contribution in [0.5, 0.6) is 0 Å². The number of thioether (sulfide) groups is 1. The van der Waals surface area contributed by atoms with E-state index < -0.39 is 0 Å². The van der Waals surface area contributed by atoms with E-state index in [-0.39, 0.29) is 0 Å². The number of hydrogen-bond donors (Lipinski definition) is 1. The number of aliphatic imine (C=N–C) groups is 1. The Balaban J connectivity index is 1.81. The minimum atomic E-state index is 0.354. The Hall–Kier alpha value is -0.220. The first-order chi connectivity index (χ1) is 8.24. The van der Waals surface area contributed by atoms with E-state index in [0.717, 1.165) is 30.8 Å². The summed E-state index contributed by atoms with van der Waals surface area (Å²) in [6, 6.07) is 0. The van der Waals surface area contributed by atoms with Gasteiger partial charge < -0.3 is 10.1 Å². The molecule has 3 nitrogen and oxygen atoms in total. The molecule has 1 aliphatic heterocycles. The zero-order valence-electron chi connectivity index (χ0n) is 11.0. The van der Waals surface area contributed by atoms with Gasteiger partial charge in [0.15, 0.2) is 5.17 Å². The predicted octanol–water partition coefficient (Wildman–Crippen LogP) is 2.66. The molecule has 2 aliphatic rings. The molecule has 1 spiro atoms. The van der Waals surface area contributed by atoms with Crippen molar-refractivity contribution in [3.05, 3.63) is 0 Å². The molecule has 4 heteroatoms. The minimum Gasteiger partial charge on any atom is -0.380 e. The van der Waals surface area contributed by atoms with Gasteiger partial charge in [0.2, 0.25) is 0 Å². The molecule has 2 fully saturated rings. The molecule has 2 atom stereocenters. The van der Waals surface area contributed by atoms with Crippen LogP contribution >= 0.6 is 11.8 Å². The number of hydrogen-bond acceptors (Lipinski definition) is 3. The zero-order valence-corrected chi connectivity index (χ0v) is 11.8. The largest absolute Gasteiger partial charge is 0.380 e. The van der Waals surface area contributed by atoms with Crippen LogP contribution in [0.2, 0.25) is 0 Å². The smallest absolute Gasteiger partial charge is 0.157 e. The molecule has 1 heterocycles. The van der Waals surface area contributed by atoms with E-state index in [0.29, 0.717) is 5.54 Å². The summed E-state index contributed by atoms with van der Waals surface area (Å²) in [7, 11) is 0. The Morgan fingerprint density at radius 3 is 3.24 bits per heavy atom. The lowest BCUT2D eigenvalue weighted by Gasteiger charge is -2.36. The Bertz CT molecular complexity index is 283. The highest BCUT2D eigenvalue weighted by Crippen LogP contribution is 2.38. The zero-order chi connectivity index (χ0) is 12.1. The average molecular weight is 256 g/mol. The van der Waals surface area contributed by atoms with Crippen molar-refractivity contribution in [1.29, 1.82) is 0 Å². The van der Waals surface area contributed by atoms with Crippen LogP contribution in [-0.4, -0.2) is 36.2 Å². The summed E-state index contributed by atoms with van der Waals surface area (Å²) >= 11 is 1.89. The van der Waals surface area contributed by atoms with Crippen molar-refractivity contribution in [3.63, 3.8) is 0 Å². The normalized spacial score (nSPS) is 35.4. The van der Waals surface area contributed by atoms with Crippen LogP contribution in [0, 0.1) is 5.92 Å². The number of nitrogens with zero attached hydrogens (tertiary/aromatic N) is 1. The van der Waals surface area contributed by atoms with Crippen molar-refractivity contribution in [3.8, 4) is 0 Å². The molecule has 17 heavy (non-hydrogen) atoms. The van der Waals surface area contributed by atoms with Gasteiger partial charge >= 0.3 is 0 Å². The Morgan fingerprint density at radius 1 is 1.59 bits per heavy atom. The van der Waals surface area contributed by atoms with Crippen molar-refractivity contribution in [2.45, 2.75) is 45.1 Å². The van der Waals surface area contributed by atoms with Crippen LogP contribution in [-0.2, 0) is 4.74 Å². The van der Waals surface area contributed by atoms with E-state index in [4.69, 9.17) is 4.74 Å². The first-order valence-electron chi connectivity index (χ1n) is 6.77. The lowest BCUT2D eigenvalue weighted by Crippen LogP contribution is -2.47. The van der Waals surface area contributed by atoms with E-state index in [1.165, 1.54) is 31.4 Å². The summed E-state index contributed by atoms with van der Waals surface area (Å²) in [6.07, 6.45) is 5.38. The monoisotopic (exact) mass is 256 g/mol. The Morgan fingerprint density at radius 2 is 2.47 bits per heavy atom. The first-order valence-corrected chi connectivity index (χ1v) is 7.76. The molecule has 2 unspecified atom stereocenters. The van der Waals surface area contributed by atoms with E-state index in [1.54, 1.807) is 0 Å². The fourth-order valence-electron chi connectivity index (χ4n) is 2.85. The summed E-state index contributed by atoms with van der Waals surface area (Å²) < 4.78 is 5.30. The second-order valence-electron chi connectivity index (χ2n) is 5.28. The van der Waals surface area contributed by atoms with Gasteiger partial charge in [0.1, 0.15) is 0 Å². The van der Waals surface area contributed by atoms with Crippen molar-refractivity contribution in [2.24, 2.45) is 10.9 Å². The van der Waals surface area contributed by atoms with Gasteiger partial charge in [-0.1, -0.05) is 31.5 Å². The van der Waals surface area contributed by atoms with Crippen LogP contribution in [0.3, 0.4) is 0 Å². The van der Waals surface area contributed by atoms with Crippen molar-refractivity contribution >= 4 is 16.9 Å². The lowest BCUT2D eigenvalue weighted by atomic mass is 9.78. The highest BCUT2D eigenvalue weighted by atomic mass is 32.2. The van der Waals surface area contributed by atoms with Crippen LogP contribution < -0.4 is 5.32 Å². The van der Waals surface area contributed by atoms with E-state index in [9.17, 15) is 0 Å². The third-order valence-electron chi connectivity index (χ3n) is 3.64. The summed E-state index contributed by atoms with van der Waals surface area (Å²) in [5, 5.41) is 4.81. The second-order valence-corrected chi connectivity index (χ2v) is 6.24. The fraction of sp³-hybridized carbons (Fsp3) is 0.923. The number of amidine groups is 1. The molecule has 1 aliphatic carbocycles. The third-order valence-corrected chi connectivity index (χ3v) is 4.85. The predicted molar refractivity (Wildman–Crippen MR) is 74.8 cm³/mol. The first kappa shape index (κ1) is 13.2. The van der Waals surface area contributed by atoms with Crippen LogP contribution in [0.25, 0.3) is 0 Å².